The third-order valence-electron chi connectivity index (χ3n) is 2.69. The largest absolute Gasteiger partial charge is 0.481 e. The summed E-state index contributed by atoms with van der Waals surface area (Å²) in [6, 6.07) is 2.58. The summed E-state index contributed by atoms with van der Waals surface area (Å²) < 4.78 is 0. The van der Waals surface area contributed by atoms with Gasteiger partial charge in [0.05, 0.1) is 0 Å². The van der Waals surface area contributed by atoms with Crippen LogP contribution in [0.25, 0.3) is 0 Å². The van der Waals surface area contributed by atoms with Crippen molar-refractivity contribution in [1.82, 2.24) is 15.5 Å². The average molecular weight is 267 g/mol. The number of hydrogen-bond acceptors (Lipinski definition) is 4. The van der Waals surface area contributed by atoms with Crippen LogP contribution in [0.2, 0.25) is 0 Å². The van der Waals surface area contributed by atoms with Crippen molar-refractivity contribution in [2.75, 3.05) is 6.54 Å². The first kappa shape index (κ1) is 14.9. The molecule has 0 aliphatic heterocycles. The molecule has 0 saturated heterocycles. The van der Waals surface area contributed by atoms with Gasteiger partial charge in [0.1, 0.15) is 5.69 Å². The van der Waals surface area contributed by atoms with E-state index in [4.69, 9.17) is 5.11 Å². The number of H-pyrrole nitrogens is 1. The summed E-state index contributed by atoms with van der Waals surface area (Å²) in [5.74, 6) is -0.949. The zero-order chi connectivity index (χ0) is 14.3. The summed E-state index contributed by atoms with van der Waals surface area (Å²) in [7, 11) is 0. The van der Waals surface area contributed by atoms with Gasteiger partial charge in [0.25, 0.3) is 11.5 Å². The van der Waals surface area contributed by atoms with Gasteiger partial charge in [0, 0.05) is 19.0 Å². The number of hydrogen-bond donors (Lipinski definition) is 3. The van der Waals surface area contributed by atoms with Crippen molar-refractivity contribution in [2.24, 2.45) is 5.92 Å². The van der Waals surface area contributed by atoms with Crippen LogP contribution in [-0.2, 0) is 4.79 Å². The van der Waals surface area contributed by atoms with E-state index in [1.165, 1.54) is 12.1 Å². The molecule has 3 N–H and O–H groups in total. The number of aliphatic carboxylic acids is 1. The van der Waals surface area contributed by atoms with Crippen molar-refractivity contribution in [1.29, 1.82) is 0 Å². The van der Waals surface area contributed by atoms with E-state index in [9.17, 15) is 14.4 Å². The Balaban J connectivity index is 2.29. The molecule has 19 heavy (non-hydrogen) atoms. The molecule has 0 aliphatic rings. The smallest absolute Gasteiger partial charge is 0.303 e. The van der Waals surface area contributed by atoms with E-state index in [0.29, 0.717) is 19.4 Å². The first-order valence-electron chi connectivity index (χ1n) is 6.04. The van der Waals surface area contributed by atoms with Gasteiger partial charge >= 0.3 is 5.97 Å². The highest BCUT2D eigenvalue weighted by atomic mass is 16.4. The number of carbonyl (C=O) groups excluding carboxylic acids is 1. The molecule has 1 atom stereocenters. The number of nitrogens with one attached hydrogen (secondary N) is 2. The molecule has 7 nitrogen and oxygen atoms in total. The molecule has 0 aliphatic carbocycles. The Hall–Kier alpha value is -2.18. The number of carboxylic acid groups (broad SMARTS) is 1. The van der Waals surface area contributed by atoms with Crippen molar-refractivity contribution in [3.05, 3.63) is 28.2 Å². The Morgan fingerprint density at radius 3 is 2.74 bits per heavy atom. The molecule has 0 aromatic carbocycles. The highest BCUT2D eigenvalue weighted by Gasteiger charge is 2.09. The van der Waals surface area contributed by atoms with E-state index in [0.717, 1.165) is 0 Å². The Labute approximate surface area is 110 Å². The van der Waals surface area contributed by atoms with Crippen LogP contribution in [0, 0.1) is 5.92 Å². The van der Waals surface area contributed by atoms with E-state index < -0.39 is 5.97 Å². The van der Waals surface area contributed by atoms with Gasteiger partial charge in [-0.15, -0.1) is 0 Å². The monoisotopic (exact) mass is 267 g/mol. The fourth-order valence-electron chi connectivity index (χ4n) is 1.51. The number of aromatic amines is 1. The number of aromatic nitrogens is 2. The second-order valence-electron chi connectivity index (χ2n) is 4.39. The lowest BCUT2D eigenvalue weighted by atomic mass is 10.0. The zero-order valence-electron chi connectivity index (χ0n) is 10.7. The van der Waals surface area contributed by atoms with Crippen LogP contribution < -0.4 is 10.9 Å². The lowest BCUT2D eigenvalue weighted by molar-refractivity contribution is -0.137. The predicted molar refractivity (Wildman–Crippen MR) is 67.8 cm³/mol. The van der Waals surface area contributed by atoms with Gasteiger partial charge < -0.3 is 10.4 Å². The summed E-state index contributed by atoms with van der Waals surface area (Å²) in [6.07, 6.45) is 1.42. The highest BCUT2D eigenvalue weighted by molar-refractivity contribution is 5.91. The molecule has 0 bridgehead atoms. The molecule has 1 aromatic rings. The van der Waals surface area contributed by atoms with E-state index in [1.807, 2.05) is 6.92 Å². The normalized spacial score (nSPS) is 11.8. The molecule has 1 amide bonds. The zero-order valence-corrected chi connectivity index (χ0v) is 10.7. The fraction of sp³-hybridized carbons (Fsp3) is 0.500. The molecule has 1 rings (SSSR count). The highest BCUT2D eigenvalue weighted by Crippen LogP contribution is 2.09. The standard InChI is InChI=1S/C12H17N3O4/c1-8(2-5-11(17)18)6-7-13-12(19)9-3-4-10(16)15-14-9/h3-4,8H,2,5-7H2,1H3,(H,13,19)(H,15,16)(H,17,18). The number of amides is 1. The molecule has 1 unspecified atom stereocenters. The van der Waals surface area contributed by atoms with E-state index in [-0.39, 0.29) is 29.5 Å². The lowest BCUT2D eigenvalue weighted by Gasteiger charge is -2.10. The maximum atomic E-state index is 11.6. The Morgan fingerprint density at radius 2 is 2.16 bits per heavy atom. The molecule has 1 aromatic heterocycles. The molecular formula is C12H17N3O4. The minimum atomic E-state index is -0.812. The molecular weight excluding hydrogens is 250 g/mol. The van der Waals surface area contributed by atoms with Crippen molar-refractivity contribution in [3.63, 3.8) is 0 Å². The summed E-state index contributed by atoms with van der Waals surface area (Å²) in [4.78, 5) is 32.8. The van der Waals surface area contributed by atoms with Gasteiger partial charge in [-0.05, 0) is 24.8 Å². The number of rotatable bonds is 7. The lowest BCUT2D eigenvalue weighted by Crippen LogP contribution is -2.27. The van der Waals surface area contributed by atoms with Crippen LogP contribution in [0.15, 0.2) is 16.9 Å². The van der Waals surface area contributed by atoms with Gasteiger partial charge in [0.15, 0.2) is 0 Å². The van der Waals surface area contributed by atoms with E-state index in [1.54, 1.807) is 0 Å². The maximum absolute atomic E-state index is 11.6. The molecule has 104 valence electrons. The van der Waals surface area contributed by atoms with Gasteiger partial charge in [-0.3, -0.25) is 14.4 Å². The molecule has 0 radical (unpaired) electrons. The van der Waals surface area contributed by atoms with Gasteiger partial charge in [-0.25, -0.2) is 5.10 Å². The number of carboxylic acids is 1. The van der Waals surface area contributed by atoms with Crippen LogP contribution in [0.4, 0.5) is 0 Å². The van der Waals surface area contributed by atoms with Gasteiger partial charge in [0.2, 0.25) is 0 Å². The third kappa shape index (κ3) is 5.80. The number of carbonyl (C=O) groups is 2. The average Bonchev–Trinajstić information content (AvgIpc) is 2.37. The SMILES string of the molecule is CC(CCNC(=O)c1ccc(=O)[nH]n1)CCC(=O)O. The Bertz CT molecular complexity index is 477. The van der Waals surface area contributed by atoms with Crippen molar-refractivity contribution in [3.8, 4) is 0 Å². The van der Waals surface area contributed by atoms with Crippen molar-refractivity contribution < 1.29 is 14.7 Å². The first-order valence-corrected chi connectivity index (χ1v) is 6.04. The second kappa shape index (κ2) is 7.30. The quantitative estimate of drug-likeness (QED) is 0.661. The molecule has 1 heterocycles. The summed E-state index contributed by atoms with van der Waals surface area (Å²) in [5, 5.41) is 17.0. The van der Waals surface area contributed by atoms with Crippen LogP contribution in [-0.4, -0.2) is 33.7 Å². The molecule has 7 heteroatoms. The predicted octanol–water partition coefficient (Wildman–Crippen LogP) is 0.391. The summed E-state index contributed by atoms with van der Waals surface area (Å²) in [5.41, 5.74) is -0.211. The second-order valence-corrected chi connectivity index (χ2v) is 4.39. The van der Waals surface area contributed by atoms with Crippen LogP contribution in [0.3, 0.4) is 0 Å². The van der Waals surface area contributed by atoms with Crippen molar-refractivity contribution in [2.45, 2.75) is 26.2 Å². The van der Waals surface area contributed by atoms with Gasteiger partial charge in [-0.1, -0.05) is 6.92 Å². The molecule has 0 saturated carbocycles. The van der Waals surface area contributed by atoms with Crippen molar-refractivity contribution >= 4 is 11.9 Å². The molecule has 0 fully saturated rings. The first-order chi connectivity index (χ1) is 8.99. The maximum Gasteiger partial charge on any atom is 0.303 e. The minimum absolute atomic E-state index is 0.136. The van der Waals surface area contributed by atoms with Crippen LogP contribution in [0.5, 0.6) is 0 Å². The third-order valence-corrected chi connectivity index (χ3v) is 2.69. The summed E-state index contributed by atoms with van der Waals surface area (Å²) >= 11 is 0. The minimum Gasteiger partial charge on any atom is -0.481 e. The van der Waals surface area contributed by atoms with E-state index >= 15 is 0 Å². The fourth-order valence-corrected chi connectivity index (χ4v) is 1.51. The topological polar surface area (TPSA) is 112 Å². The number of nitrogens with zero attached hydrogens (tertiary/aromatic N) is 1. The van der Waals surface area contributed by atoms with Crippen LogP contribution >= 0.6 is 0 Å². The Morgan fingerprint density at radius 1 is 1.42 bits per heavy atom. The van der Waals surface area contributed by atoms with E-state index in [2.05, 4.69) is 15.5 Å². The molecule has 0 spiro atoms. The Kier molecular flexibility index (Phi) is 5.72. The van der Waals surface area contributed by atoms with Gasteiger partial charge in [-0.2, -0.15) is 5.10 Å². The van der Waals surface area contributed by atoms with Crippen LogP contribution in [0.1, 0.15) is 36.7 Å². The summed E-state index contributed by atoms with van der Waals surface area (Å²) in [6.45, 7) is 2.38.